The van der Waals surface area contributed by atoms with Crippen LogP contribution in [0.25, 0.3) is 0 Å². The molecule has 0 unspecified atom stereocenters. The molecule has 0 spiro atoms. The molecule has 1 fully saturated rings. The fraction of sp³-hybridized carbons (Fsp3) is 0.684. The van der Waals surface area contributed by atoms with Crippen LogP contribution in [0.15, 0.2) is 24.3 Å². The van der Waals surface area contributed by atoms with E-state index in [1.807, 2.05) is 0 Å². The van der Waals surface area contributed by atoms with Gasteiger partial charge >= 0.3 is 6.36 Å². The first kappa shape index (κ1) is 19.1. The largest absolute Gasteiger partial charge is 0.573 e. The first-order valence-corrected chi connectivity index (χ1v) is 8.91. The van der Waals surface area contributed by atoms with Crippen LogP contribution < -0.4 is 4.74 Å². The van der Waals surface area contributed by atoms with Crippen LogP contribution in [0, 0.1) is 5.92 Å². The molecule has 0 N–H and O–H groups in total. The predicted octanol–water partition coefficient (Wildman–Crippen LogP) is 6.07. The Morgan fingerprint density at radius 3 is 2.25 bits per heavy atom. The molecule has 1 aromatic carbocycles. The Morgan fingerprint density at radius 1 is 1.00 bits per heavy atom. The number of rotatable bonds is 8. The molecule has 5 heteroatoms. The highest BCUT2D eigenvalue weighted by molar-refractivity contribution is 5.29. The average Bonchev–Trinajstić information content (AvgIpc) is 2.55. The molecule has 0 aliphatic heterocycles. The first-order chi connectivity index (χ1) is 11.5. The van der Waals surface area contributed by atoms with E-state index in [0.29, 0.717) is 11.8 Å². The van der Waals surface area contributed by atoms with Crippen LogP contribution in [0.2, 0.25) is 0 Å². The Balaban J connectivity index is 1.72. The molecular formula is C19H27F3O2. The summed E-state index contributed by atoms with van der Waals surface area (Å²) in [5, 5.41) is 0. The molecule has 0 heterocycles. The van der Waals surface area contributed by atoms with Crippen molar-refractivity contribution < 1.29 is 22.6 Å². The lowest BCUT2D eigenvalue weighted by Crippen LogP contribution is -2.18. The van der Waals surface area contributed by atoms with E-state index in [0.717, 1.165) is 50.9 Å². The molecule has 1 saturated carbocycles. The molecule has 136 valence electrons. The molecule has 24 heavy (non-hydrogen) atoms. The topological polar surface area (TPSA) is 18.5 Å². The van der Waals surface area contributed by atoms with E-state index in [9.17, 15) is 13.2 Å². The number of hydrogen-bond acceptors (Lipinski definition) is 2. The molecule has 0 aromatic heterocycles. The van der Waals surface area contributed by atoms with Crippen LogP contribution in [0.1, 0.15) is 63.4 Å². The lowest BCUT2D eigenvalue weighted by Gasteiger charge is -2.28. The summed E-state index contributed by atoms with van der Waals surface area (Å²) >= 11 is 0. The highest BCUT2D eigenvalue weighted by Crippen LogP contribution is 2.36. The van der Waals surface area contributed by atoms with Gasteiger partial charge in [-0.05, 0) is 61.6 Å². The third-order valence-corrected chi connectivity index (χ3v) is 4.68. The standard InChI is InChI=1S/C19H27F3O2/c1-2-3-4-13-23-14-15-5-7-16(8-6-15)17-9-11-18(12-10-17)24-19(20,21)22/h9-12,15-16H,2-8,13-14H2,1H3. The minimum Gasteiger partial charge on any atom is -0.406 e. The number of halogens is 3. The normalized spacial score (nSPS) is 21.7. The molecule has 0 bridgehead atoms. The summed E-state index contributed by atoms with van der Waals surface area (Å²) in [5.41, 5.74) is 1.10. The van der Waals surface area contributed by atoms with Gasteiger partial charge in [-0.25, -0.2) is 0 Å². The summed E-state index contributed by atoms with van der Waals surface area (Å²) in [5.74, 6) is 0.900. The summed E-state index contributed by atoms with van der Waals surface area (Å²) in [6, 6.07) is 6.33. The lowest BCUT2D eigenvalue weighted by atomic mass is 9.79. The van der Waals surface area contributed by atoms with E-state index in [1.54, 1.807) is 12.1 Å². The number of ether oxygens (including phenoxy) is 2. The van der Waals surface area contributed by atoms with Crippen LogP contribution in [0.3, 0.4) is 0 Å². The van der Waals surface area contributed by atoms with Crippen molar-refractivity contribution in [3.05, 3.63) is 29.8 Å². The van der Waals surface area contributed by atoms with Crippen LogP contribution in [0.4, 0.5) is 13.2 Å². The molecule has 2 rings (SSSR count). The first-order valence-electron chi connectivity index (χ1n) is 8.91. The van der Waals surface area contributed by atoms with Crippen molar-refractivity contribution in [2.24, 2.45) is 5.92 Å². The molecule has 0 saturated heterocycles. The Labute approximate surface area is 142 Å². The number of alkyl halides is 3. The molecular weight excluding hydrogens is 317 g/mol. The van der Waals surface area contributed by atoms with Crippen LogP contribution in [0.5, 0.6) is 5.75 Å². The molecule has 1 aromatic rings. The Bertz CT molecular complexity index is 462. The Hall–Kier alpha value is -1.23. The average molecular weight is 344 g/mol. The van der Waals surface area contributed by atoms with E-state index in [2.05, 4.69) is 11.7 Å². The minimum absolute atomic E-state index is 0.152. The van der Waals surface area contributed by atoms with Crippen molar-refractivity contribution in [3.8, 4) is 5.75 Å². The van der Waals surface area contributed by atoms with Crippen molar-refractivity contribution in [3.63, 3.8) is 0 Å². The summed E-state index contributed by atoms with van der Waals surface area (Å²) in [6.45, 7) is 3.88. The van der Waals surface area contributed by atoms with Gasteiger partial charge in [0.1, 0.15) is 5.75 Å². The molecule has 2 nitrogen and oxygen atoms in total. The van der Waals surface area contributed by atoms with Gasteiger partial charge in [0.25, 0.3) is 0 Å². The number of hydrogen-bond donors (Lipinski definition) is 0. The summed E-state index contributed by atoms with van der Waals surface area (Å²) in [6.07, 6.45) is 3.33. The van der Waals surface area contributed by atoms with Gasteiger partial charge in [-0.15, -0.1) is 13.2 Å². The van der Waals surface area contributed by atoms with Gasteiger partial charge in [-0.3, -0.25) is 0 Å². The van der Waals surface area contributed by atoms with Gasteiger partial charge in [-0.1, -0.05) is 31.9 Å². The number of benzene rings is 1. The smallest absolute Gasteiger partial charge is 0.406 e. The molecule has 1 aliphatic carbocycles. The second kappa shape index (κ2) is 9.30. The quantitative estimate of drug-likeness (QED) is 0.533. The summed E-state index contributed by atoms with van der Waals surface area (Å²) in [7, 11) is 0. The second-order valence-electron chi connectivity index (χ2n) is 6.62. The summed E-state index contributed by atoms with van der Waals surface area (Å²) < 4.78 is 46.2. The third-order valence-electron chi connectivity index (χ3n) is 4.68. The van der Waals surface area contributed by atoms with Crippen LogP contribution >= 0.6 is 0 Å². The SMILES string of the molecule is CCCCCOCC1CCC(c2ccc(OC(F)(F)F)cc2)CC1. The van der Waals surface area contributed by atoms with Crippen LogP contribution in [-0.2, 0) is 4.74 Å². The Kier molecular flexibility index (Phi) is 7.40. The van der Waals surface area contributed by atoms with E-state index >= 15 is 0 Å². The zero-order chi connectivity index (χ0) is 17.4. The molecule has 0 atom stereocenters. The highest BCUT2D eigenvalue weighted by atomic mass is 19.4. The zero-order valence-electron chi connectivity index (χ0n) is 14.3. The van der Waals surface area contributed by atoms with Crippen LogP contribution in [-0.4, -0.2) is 19.6 Å². The van der Waals surface area contributed by atoms with Gasteiger partial charge in [0, 0.05) is 13.2 Å². The van der Waals surface area contributed by atoms with Crippen molar-refractivity contribution in [1.82, 2.24) is 0 Å². The van der Waals surface area contributed by atoms with Crippen molar-refractivity contribution in [1.29, 1.82) is 0 Å². The van der Waals surface area contributed by atoms with E-state index in [1.165, 1.54) is 25.0 Å². The molecule has 0 amide bonds. The maximum Gasteiger partial charge on any atom is 0.573 e. The lowest BCUT2D eigenvalue weighted by molar-refractivity contribution is -0.274. The van der Waals surface area contributed by atoms with Gasteiger partial charge in [0.05, 0.1) is 0 Å². The molecule has 1 aliphatic rings. The maximum atomic E-state index is 12.2. The van der Waals surface area contributed by atoms with Gasteiger partial charge < -0.3 is 9.47 Å². The summed E-state index contributed by atoms with van der Waals surface area (Å²) in [4.78, 5) is 0. The van der Waals surface area contributed by atoms with Crippen molar-refractivity contribution >= 4 is 0 Å². The van der Waals surface area contributed by atoms with Gasteiger partial charge in [-0.2, -0.15) is 0 Å². The second-order valence-corrected chi connectivity index (χ2v) is 6.62. The fourth-order valence-corrected chi connectivity index (χ4v) is 3.31. The maximum absolute atomic E-state index is 12.2. The molecule has 0 radical (unpaired) electrons. The fourth-order valence-electron chi connectivity index (χ4n) is 3.31. The van der Waals surface area contributed by atoms with Crippen molar-refractivity contribution in [2.45, 2.75) is 64.1 Å². The number of unbranched alkanes of at least 4 members (excludes halogenated alkanes) is 2. The van der Waals surface area contributed by atoms with Crippen molar-refractivity contribution in [2.75, 3.05) is 13.2 Å². The Morgan fingerprint density at radius 2 is 1.67 bits per heavy atom. The third kappa shape index (κ3) is 6.71. The highest BCUT2D eigenvalue weighted by Gasteiger charge is 2.31. The van der Waals surface area contributed by atoms with Gasteiger partial charge in [0.15, 0.2) is 0 Å². The minimum atomic E-state index is -4.63. The van der Waals surface area contributed by atoms with E-state index in [-0.39, 0.29) is 5.75 Å². The van der Waals surface area contributed by atoms with E-state index in [4.69, 9.17) is 4.74 Å². The monoisotopic (exact) mass is 344 g/mol. The predicted molar refractivity (Wildman–Crippen MR) is 88.2 cm³/mol. The zero-order valence-corrected chi connectivity index (χ0v) is 14.3. The van der Waals surface area contributed by atoms with E-state index < -0.39 is 6.36 Å². The van der Waals surface area contributed by atoms with Gasteiger partial charge in [0.2, 0.25) is 0 Å².